The number of rotatable bonds is 7. The summed E-state index contributed by atoms with van der Waals surface area (Å²) in [6.07, 6.45) is 2.03. The zero-order chi connectivity index (χ0) is 16.0. The number of amides is 1. The number of Topliss-reactive ketones (excluding diaryl/α,β-unsaturated/α-hetero) is 1. The van der Waals surface area contributed by atoms with Crippen LogP contribution in [0.5, 0.6) is 5.75 Å². The molecule has 0 heterocycles. The third-order valence-corrected chi connectivity index (χ3v) is 3.79. The molecule has 0 fully saturated rings. The zero-order valence-electron chi connectivity index (χ0n) is 13.6. The Morgan fingerprint density at radius 1 is 1.29 bits per heavy atom. The van der Waals surface area contributed by atoms with E-state index in [1.807, 2.05) is 26.8 Å². The second kappa shape index (κ2) is 7.25. The van der Waals surface area contributed by atoms with Gasteiger partial charge in [-0.25, -0.2) is 0 Å². The highest BCUT2D eigenvalue weighted by molar-refractivity contribution is 6.05. The van der Waals surface area contributed by atoms with Gasteiger partial charge in [-0.2, -0.15) is 0 Å². The molecule has 1 atom stereocenters. The molecule has 0 spiro atoms. The fourth-order valence-corrected chi connectivity index (χ4v) is 2.72. The number of ketones is 1. The molecule has 1 aromatic carbocycles. The van der Waals surface area contributed by atoms with Crippen molar-refractivity contribution in [3.8, 4) is 5.75 Å². The SMILES string of the molecule is CCCC(CC)(NC(C)=O)C(=O)c1ccc(OC)c(C)c1. The van der Waals surface area contributed by atoms with Gasteiger partial charge in [-0.3, -0.25) is 9.59 Å². The van der Waals surface area contributed by atoms with Gasteiger partial charge in [0.2, 0.25) is 5.91 Å². The largest absolute Gasteiger partial charge is 0.496 e. The molecule has 1 amide bonds. The smallest absolute Gasteiger partial charge is 0.217 e. The Morgan fingerprint density at radius 2 is 1.95 bits per heavy atom. The summed E-state index contributed by atoms with van der Waals surface area (Å²) in [4.78, 5) is 24.4. The normalized spacial score (nSPS) is 13.4. The first-order valence-electron chi connectivity index (χ1n) is 7.38. The lowest BCUT2D eigenvalue weighted by atomic mass is 9.82. The molecule has 0 aliphatic rings. The van der Waals surface area contributed by atoms with Crippen LogP contribution in [0.4, 0.5) is 0 Å². The number of nitrogens with one attached hydrogen (secondary N) is 1. The van der Waals surface area contributed by atoms with E-state index in [2.05, 4.69) is 5.32 Å². The average molecular weight is 291 g/mol. The van der Waals surface area contributed by atoms with E-state index in [-0.39, 0.29) is 11.7 Å². The fraction of sp³-hybridized carbons (Fsp3) is 0.529. The van der Waals surface area contributed by atoms with Crippen LogP contribution in [-0.2, 0) is 4.79 Å². The van der Waals surface area contributed by atoms with Gasteiger partial charge in [0.05, 0.1) is 7.11 Å². The van der Waals surface area contributed by atoms with Crippen LogP contribution in [-0.4, -0.2) is 24.3 Å². The summed E-state index contributed by atoms with van der Waals surface area (Å²) < 4.78 is 5.22. The van der Waals surface area contributed by atoms with Crippen LogP contribution < -0.4 is 10.1 Å². The number of benzene rings is 1. The minimum Gasteiger partial charge on any atom is -0.496 e. The molecule has 0 radical (unpaired) electrons. The molecular weight excluding hydrogens is 266 g/mol. The van der Waals surface area contributed by atoms with E-state index in [1.165, 1.54) is 6.92 Å². The van der Waals surface area contributed by atoms with Crippen molar-refractivity contribution < 1.29 is 14.3 Å². The van der Waals surface area contributed by atoms with Gasteiger partial charge < -0.3 is 10.1 Å². The van der Waals surface area contributed by atoms with Crippen LogP contribution in [0.3, 0.4) is 0 Å². The molecule has 0 aliphatic heterocycles. The third-order valence-electron chi connectivity index (χ3n) is 3.79. The third kappa shape index (κ3) is 3.84. The average Bonchev–Trinajstić information content (AvgIpc) is 2.45. The van der Waals surface area contributed by atoms with Crippen molar-refractivity contribution in [1.82, 2.24) is 5.32 Å². The molecule has 1 rings (SSSR count). The van der Waals surface area contributed by atoms with E-state index in [1.54, 1.807) is 19.2 Å². The Bertz CT molecular complexity index is 525. The Labute approximate surface area is 126 Å². The molecule has 0 saturated heterocycles. The molecule has 4 heteroatoms. The maximum Gasteiger partial charge on any atom is 0.217 e. The number of ether oxygens (including phenoxy) is 1. The van der Waals surface area contributed by atoms with Crippen LogP contribution in [0.1, 0.15) is 56.0 Å². The van der Waals surface area contributed by atoms with Crippen molar-refractivity contribution in [2.75, 3.05) is 7.11 Å². The topological polar surface area (TPSA) is 55.4 Å². The lowest BCUT2D eigenvalue weighted by molar-refractivity contribution is -0.120. The van der Waals surface area contributed by atoms with Crippen molar-refractivity contribution in [1.29, 1.82) is 0 Å². The lowest BCUT2D eigenvalue weighted by Crippen LogP contribution is -2.53. The molecule has 1 unspecified atom stereocenters. The van der Waals surface area contributed by atoms with Gasteiger partial charge in [0.1, 0.15) is 11.3 Å². The standard InChI is InChI=1S/C17H25NO3/c1-6-10-17(7-2,18-13(4)19)16(20)14-8-9-15(21-5)12(3)11-14/h8-9,11H,6-7,10H2,1-5H3,(H,18,19). The number of methoxy groups -OCH3 is 1. The first-order chi connectivity index (χ1) is 9.90. The maximum absolute atomic E-state index is 12.9. The second-order valence-electron chi connectivity index (χ2n) is 5.38. The fourth-order valence-electron chi connectivity index (χ4n) is 2.72. The first-order valence-corrected chi connectivity index (χ1v) is 7.38. The Morgan fingerprint density at radius 3 is 2.38 bits per heavy atom. The minimum atomic E-state index is -0.818. The van der Waals surface area contributed by atoms with Gasteiger partial charge in [0.25, 0.3) is 0 Å². The summed E-state index contributed by atoms with van der Waals surface area (Å²) in [7, 11) is 1.61. The Kier molecular flexibility index (Phi) is 5.94. The molecular formula is C17H25NO3. The van der Waals surface area contributed by atoms with Crippen molar-refractivity contribution in [3.05, 3.63) is 29.3 Å². The number of aryl methyl sites for hydroxylation is 1. The first kappa shape index (κ1) is 17.2. The van der Waals surface area contributed by atoms with E-state index in [0.717, 1.165) is 17.7 Å². The zero-order valence-corrected chi connectivity index (χ0v) is 13.6. The molecule has 0 aliphatic carbocycles. The summed E-state index contributed by atoms with van der Waals surface area (Å²) in [5.41, 5.74) is 0.701. The van der Waals surface area contributed by atoms with E-state index < -0.39 is 5.54 Å². The molecule has 1 aromatic rings. The summed E-state index contributed by atoms with van der Waals surface area (Å²) in [5, 5.41) is 2.87. The predicted octanol–water partition coefficient (Wildman–Crippen LogP) is 3.27. The predicted molar refractivity (Wildman–Crippen MR) is 83.8 cm³/mol. The molecule has 0 aromatic heterocycles. The number of carbonyl (C=O) groups excluding carboxylic acids is 2. The van der Waals surface area contributed by atoms with E-state index in [9.17, 15) is 9.59 Å². The van der Waals surface area contributed by atoms with Gasteiger partial charge in [-0.1, -0.05) is 20.3 Å². The molecule has 1 N–H and O–H groups in total. The van der Waals surface area contributed by atoms with Crippen LogP contribution in [0.2, 0.25) is 0 Å². The summed E-state index contributed by atoms with van der Waals surface area (Å²) >= 11 is 0. The van der Waals surface area contributed by atoms with Gasteiger partial charge in [0, 0.05) is 12.5 Å². The van der Waals surface area contributed by atoms with Crippen molar-refractivity contribution in [3.63, 3.8) is 0 Å². The number of hydrogen-bond acceptors (Lipinski definition) is 3. The van der Waals surface area contributed by atoms with E-state index >= 15 is 0 Å². The highest BCUT2D eigenvalue weighted by Gasteiger charge is 2.37. The molecule has 4 nitrogen and oxygen atoms in total. The van der Waals surface area contributed by atoms with Gasteiger partial charge in [-0.05, 0) is 43.5 Å². The number of carbonyl (C=O) groups is 2. The summed E-state index contributed by atoms with van der Waals surface area (Å²) in [6.45, 7) is 7.30. The maximum atomic E-state index is 12.9. The van der Waals surface area contributed by atoms with Crippen LogP contribution in [0.15, 0.2) is 18.2 Å². The quantitative estimate of drug-likeness (QED) is 0.784. The highest BCUT2D eigenvalue weighted by Crippen LogP contribution is 2.26. The van der Waals surface area contributed by atoms with Crippen molar-refractivity contribution in [2.45, 2.75) is 52.5 Å². The van der Waals surface area contributed by atoms with Crippen LogP contribution in [0.25, 0.3) is 0 Å². The van der Waals surface area contributed by atoms with Crippen molar-refractivity contribution >= 4 is 11.7 Å². The second-order valence-corrected chi connectivity index (χ2v) is 5.38. The van der Waals surface area contributed by atoms with E-state index in [0.29, 0.717) is 18.4 Å². The summed E-state index contributed by atoms with van der Waals surface area (Å²) in [5.74, 6) is 0.542. The molecule has 116 valence electrons. The van der Waals surface area contributed by atoms with Crippen LogP contribution >= 0.6 is 0 Å². The van der Waals surface area contributed by atoms with Gasteiger partial charge >= 0.3 is 0 Å². The van der Waals surface area contributed by atoms with Crippen molar-refractivity contribution in [2.24, 2.45) is 0 Å². The summed E-state index contributed by atoms with van der Waals surface area (Å²) in [6, 6.07) is 5.38. The van der Waals surface area contributed by atoms with Gasteiger partial charge in [-0.15, -0.1) is 0 Å². The Balaban J connectivity index is 3.21. The minimum absolute atomic E-state index is 0.0344. The molecule has 21 heavy (non-hydrogen) atoms. The number of hydrogen-bond donors (Lipinski definition) is 1. The monoisotopic (exact) mass is 291 g/mol. The van der Waals surface area contributed by atoms with E-state index in [4.69, 9.17) is 4.74 Å². The molecule has 0 bridgehead atoms. The van der Waals surface area contributed by atoms with Gasteiger partial charge in [0.15, 0.2) is 5.78 Å². The molecule has 0 saturated carbocycles. The highest BCUT2D eigenvalue weighted by atomic mass is 16.5. The lowest BCUT2D eigenvalue weighted by Gasteiger charge is -2.32. The Hall–Kier alpha value is -1.84. The van der Waals surface area contributed by atoms with Crippen LogP contribution in [0, 0.1) is 6.92 Å².